The number of pyridine rings is 1. The highest BCUT2D eigenvalue weighted by atomic mass is 14.9. The maximum atomic E-state index is 5.23. The molecule has 0 N–H and O–H groups in total. The smallest absolute Gasteiger partial charge is 0.160 e. The van der Waals surface area contributed by atoms with Gasteiger partial charge in [-0.3, -0.25) is 4.98 Å². The number of rotatable bonds is 8. The quantitative estimate of drug-likeness (QED) is 0.155. The number of benzene rings is 5. The number of hydrogen-bond donors (Lipinski definition) is 0. The standard InChI is InChI=1S/C48H41N3.3C2H6/c1-6-16-37-30-44(43(17-7-2)34(5)33(37)4)41-27-40(38-23-15-24-39(26-38)45-25-14-18-32(3)49-45)28-42(29-41)48-50-46(35-19-10-8-11-20-35)31-47(51-48)36-21-12-9-13-22-36;3*1-2/h6-31H,1-5H3;3*1-2H3/b16-6-,17-7-;;;. The molecular weight excluding hydrogens is 691 g/mol. The van der Waals surface area contributed by atoms with E-state index in [1.54, 1.807) is 0 Å². The van der Waals surface area contributed by atoms with Crippen LogP contribution in [0.1, 0.15) is 83.3 Å². The van der Waals surface area contributed by atoms with Crippen molar-refractivity contribution < 1.29 is 0 Å². The Hall–Kier alpha value is -6.19. The number of hydrogen-bond acceptors (Lipinski definition) is 3. The van der Waals surface area contributed by atoms with Gasteiger partial charge in [-0.25, -0.2) is 9.97 Å². The zero-order valence-electron chi connectivity index (χ0n) is 35.9. The van der Waals surface area contributed by atoms with Crippen LogP contribution in [0.15, 0.2) is 146 Å². The van der Waals surface area contributed by atoms with Crippen LogP contribution in [0.4, 0.5) is 0 Å². The molecule has 0 aliphatic carbocycles. The van der Waals surface area contributed by atoms with E-state index in [-0.39, 0.29) is 0 Å². The fourth-order valence-electron chi connectivity index (χ4n) is 6.67. The summed E-state index contributed by atoms with van der Waals surface area (Å²) in [5, 5.41) is 0. The normalized spacial score (nSPS) is 10.6. The third kappa shape index (κ3) is 10.6. The molecule has 57 heavy (non-hydrogen) atoms. The van der Waals surface area contributed by atoms with Crippen LogP contribution < -0.4 is 0 Å². The van der Waals surface area contributed by atoms with Crippen molar-refractivity contribution >= 4 is 12.2 Å². The van der Waals surface area contributed by atoms with Crippen molar-refractivity contribution in [3.05, 3.63) is 174 Å². The monoisotopic (exact) mass is 749 g/mol. The summed E-state index contributed by atoms with van der Waals surface area (Å²) in [5.41, 5.74) is 17.3. The van der Waals surface area contributed by atoms with E-state index in [0.717, 1.165) is 61.7 Å². The largest absolute Gasteiger partial charge is 0.253 e. The first-order chi connectivity index (χ1) is 27.9. The van der Waals surface area contributed by atoms with Crippen LogP contribution in [-0.2, 0) is 0 Å². The SMILES string of the molecule is C/C=C\c1cc(-c2cc(-c3cccc(-c4cccc(C)n4)c3)cc(-c3nc(-c4ccccc4)cc(-c4ccccc4)n3)c2)c(/C=C\C)c(C)c1C.CC.CC.CC. The summed E-state index contributed by atoms with van der Waals surface area (Å²) in [4.78, 5) is 15.3. The topological polar surface area (TPSA) is 38.7 Å². The molecule has 3 nitrogen and oxygen atoms in total. The van der Waals surface area contributed by atoms with Gasteiger partial charge in [0, 0.05) is 27.9 Å². The molecule has 0 unspecified atom stereocenters. The maximum absolute atomic E-state index is 5.23. The van der Waals surface area contributed by atoms with Gasteiger partial charge >= 0.3 is 0 Å². The van der Waals surface area contributed by atoms with Gasteiger partial charge in [0.25, 0.3) is 0 Å². The molecule has 2 aromatic heterocycles. The molecule has 3 heteroatoms. The van der Waals surface area contributed by atoms with Crippen molar-refractivity contribution in [1.82, 2.24) is 15.0 Å². The second-order valence-corrected chi connectivity index (χ2v) is 12.9. The number of aromatic nitrogens is 3. The Morgan fingerprint density at radius 1 is 0.386 bits per heavy atom. The Kier molecular flexibility index (Phi) is 16.6. The number of allylic oxidation sites excluding steroid dienone is 2. The third-order valence-electron chi connectivity index (χ3n) is 9.42. The summed E-state index contributed by atoms with van der Waals surface area (Å²) >= 11 is 0. The predicted molar refractivity (Wildman–Crippen MR) is 250 cm³/mol. The number of nitrogens with zero attached hydrogens (tertiary/aromatic N) is 3. The first kappa shape index (κ1) is 43.5. The minimum absolute atomic E-state index is 0.680. The lowest BCUT2D eigenvalue weighted by Gasteiger charge is -2.18. The highest BCUT2D eigenvalue weighted by Gasteiger charge is 2.17. The Morgan fingerprint density at radius 3 is 1.47 bits per heavy atom. The molecule has 0 fully saturated rings. The van der Waals surface area contributed by atoms with Gasteiger partial charge in [0.2, 0.25) is 0 Å². The lowest BCUT2D eigenvalue weighted by Crippen LogP contribution is -1.98. The van der Waals surface area contributed by atoms with Crippen LogP contribution in [0.5, 0.6) is 0 Å². The zero-order chi connectivity index (χ0) is 41.3. The summed E-state index contributed by atoms with van der Waals surface area (Å²) in [6.45, 7) is 22.6. The van der Waals surface area contributed by atoms with Crippen LogP contribution >= 0.6 is 0 Å². The lowest BCUT2D eigenvalue weighted by atomic mass is 9.87. The molecule has 7 rings (SSSR count). The van der Waals surface area contributed by atoms with E-state index in [1.165, 1.54) is 27.8 Å². The summed E-state index contributed by atoms with van der Waals surface area (Å²) in [5.74, 6) is 0.680. The van der Waals surface area contributed by atoms with Gasteiger partial charge in [-0.05, 0) is 128 Å². The minimum Gasteiger partial charge on any atom is -0.253 e. The summed E-state index contributed by atoms with van der Waals surface area (Å²) in [7, 11) is 0. The Morgan fingerprint density at radius 2 is 0.895 bits per heavy atom. The second-order valence-electron chi connectivity index (χ2n) is 12.9. The summed E-state index contributed by atoms with van der Waals surface area (Å²) < 4.78 is 0. The highest BCUT2D eigenvalue weighted by Crippen LogP contribution is 2.39. The van der Waals surface area contributed by atoms with E-state index in [0.29, 0.717) is 5.82 Å². The molecule has 0 saturated carbocycles. The second kappa shape index (κ2) is 21.8. The molecule has 7 aromatic rings. The lowest BCUT2D eigenvalue weighted by molar-refractivity contribution is 1.18. The fourth-order valence-corrected chi connectivity index (χ4v) is 6.67. The van der Waals surface area contributed by atoms with Crippen molar-refractivity contribution in [2.75, 3.05) is 0 Å². The predicted octanol–water partition coefficient (Wildman–Crippen LogP) is 15.9. The van der Waals surface area contributed by atoms with Crippen LogP contribution in [0.3, 0.4) is 0 Å². The molecule has 0 bridgehead atoms. The molecule has 0 radical (unpaired) electrons. The van der Waals surface area contributed by atoms with E-state index in [1.807, 2.05) is 66.7 Å². The van der Waals surface area contributed by atoms with E-state index in [9.17, 15) is 0 Å². The van der Waals surface area contributed by atoms with Crippen molar-refractivity contribution in [3.8, 4) is 67.4 Å². The molecule has 290 valence electrons. The van der Waals surface area contributed by atoms with E-state index >= 15 is 0 Å². The van der Waals surface area contributed by atoms with Gasteiger partial charge < -0.3 is 0 Å². The summed E-state index contributed by atoms with van der Waals surface area (Å²) in [6, 6.07) is 46.8. The maximum Gasteiger partial charge on any atom is 0.160 e. The fraction of sp³-hybridized carbons (Fsp3) is 0.204. The first-order valence-corrected chi connectivity index (χ1v) is 20.5. The first-order valence-electron chi connectivity index (χ1n) is 20.5. The van der Waals surface area contributed by atoms with Crippen LogP contribution in [0, 0.1) is 20.8 Å². The molecule has 0 amide bonds. The molecule has 0 spiro atoms. The molecule has 2 heterocycles. The van der Waals surface area contributed by atoms with E-state index < -0.39 is 0 Å². The van der Waals surface area contributed by atoms with Crippen LogP contribution in [0.25, 0.3) is 79.6 Å². The van der Waals surface area contributed by atoms with E-state index in [4.69, 9.17) is 15.0 Å². The third-order valence-corrected chi connectivity index (χ3v) is 9.42. The van der Waals surface area contributed by atoms with Crippen LogP contribution in [0.2, 0.25) is 0 Å². The Bertz CT molecular complexity index is 2350. The molecular formula is C54H59N3. The average molecular weight is 750 g/mol. The number of aryl methyl sites for hydroxylation is 1. The van der Waals surface area contributed by atoms with Gasteiger partial charge in [-0.1, -0.05) is 151 Å². The van der Waals surface area contributed by atoms with E-state index in [2.05, 4.69) is 167 Å². The van der Waals surface area contributed by atoms with Gasteiger partial charge in [0.1, 0.15) is 0 Å². The van der Waals surface area contributed by atoms with Crippen molar-refractivity contribution in [2.45, 2.75) is 76.2 Å². The van der Waals surface area contributed by atoms with Crippen molar-refractivity contribution in [1.29, 1.82) is 0 Å². The molecule has 0 aliphatic rings. The Balaban J connectivity index is 0.00000115. The summed E-state index contributed by atoms with van der Waals surface area (Å²) in [6.07, 6.45) is 8.67. The van der Waals surface area contributed by atoms with Crippen LogP contribution in [-0.4, -0.2) is 15.0 Å². The highest BCUT2D eigenvalue weighted by molar-refractivity contribution is 5.87. The van der Waals surface area contributed by atoms with Gasteiger partial charge in [0.15, 0.2) is 5.82 Å². The zero-order valence-corrected chi connectivity index (χ0v) is 35.9. The Labute approximate surface area is 343 Å². The molecule has 0 atom stereocenters. The van der Waals surface area contributed by atoms with Gasteiger partial charge in [-0.2, -0.15) is 0 Å². The molecule has 0 aliphatic heterocycles. The molecule has 5 aromatic carbocycles. The van der Waals surface area contributed by atoms with Gasteiger partial charge in [0.05, 0.1) is 17.1 Å². The minimum atomic E-state index is 0.680. The molecule has 0 saturated heterocycles. The van der Waals surface area contributed by atoms with Crippen molar-refractivity contribution in [3.63, 3.8) is 0 Å². The van der Waals surface area contributed by atoms with Gasteiger partial charge in [-0.15, -0.1) is 0 Å². The van der Waals surface area contributed by atoms with Crippen molar-refractivity contribution in [2.24, 2.45) is 0 Å². The average Bonchev–Trinajstić information content (AvgIpc) is 3.28.